The van der Waals surface area contributed by atoms with Gasteiger partial charge in [0.05, 0.1) is 11.6 Å². The molecule has 0 aliphatic rings. The van der Waals surface area contributed by atoms with E-state index in [2.05, 4.69) is 22.0 Å². The third-order valence-corrected chi connectivity index (χ3v) is 3.47. The molecular weight excluding hydrogens is 312 g/mol. The van der Waals surface area contributed by atoms with E-state index in [1.807, 2.05) is 73.6 Å². The number of hydrogen-bond acceptors (Lipinski definition) is 2. The Morgan fingerprint density at radius 3 is 2.40 bits per heavy atom. The number of benzene rings is 2. The van der Waals surface area contributed by atoms with Gasteiger partial charge in [0.1, 0.15) is 0 Å². The molecule has 0 aliphatic carbocycles. The average molecular weight is 327 g/mol. The van der Waals surface area contributed by atoms with Gasteiger partial charge in [0, 0.05) is 24.3 Å². The second kappa shape index (κ2) is 6.40. The second-order valence-electron chi connectivity index (χ2n) is 4.67. The first kappa shape index (κ1) is 14.4. The molecule has 2 aromatic carbocycles. The molecule has 20 heavy (non-hydrogen) atoms. The van der Waals surface area contributed by atoms with Gasteiger partial charge in [0.25, 0.3) is 0 Å². The third kappa shape index (κ3) is 3.49. The smallest absolute Gasteiger partial charge is 0.0998 e. The van der Waals surface area contributed by atoms with Crippen molar-refractivity contribution in [1.29, 1.82) is 5.26 Å². The van der Waals surface area contributed by atoms with Crippen LogP contribution in [-0.2, 0) is 0 Å². The van der Waals surface area contributed by atoms with Crippen LogP contribution < -0.4 is 4.90 Å². The van der Waals surface area contributed by atoms with Gasteiger partial charge in [-0.1, -0.05) is 40.2 Å². The van der Waals surface area contributed by atoms with Crippen LogP contribution in [0.1, 0.15) is 11.1 Å². The van der Waals surface area contributed by atoms with Crippen LogP contribution in [0.15, 0.2) is 53.0 Å². The van der Waals surface area contributed by atoms with E-state index in [1.54, 1.807) is 0 Å². The van der Waals surface area contributed by atoms with Crippen molar-refractivity contribution in [3.63, 3.8) is 0 Å². The highest BCUT2D eigenvalue weighted by molar-refractivity contribution is 9.10. The summed E-state index contributed by atoms with van der Waals surface area (Å²) in [5.41, 5.74) is 3.73. The number of halogens is 1. The van der Waals surface area contributed by atoms with Gasteiger partial charge < -0.3 is 4.90 Å². The van der Waals surface area contributed by atoms with Crippen molar-refractivity contribution in [3.8, 4) is 6.07 Å². The van der Waals surface area contributed by atoms with E-state index in [1.165, 1.54) is 0 Å². The topological polar surface area (TPSA) is 27.0 Å². The highest BCUT2D eigenvalue weighted by Crippen LogP contribution is 2.22. The predicted octanol–water partition coefficient (Wildman–Crippen LogP) is 4.58. The Morgan fingerprint density at radius 2 is 1.85 bits per heavy atom. The largest absolute Gasteiger partial charge is 0.378 e. The molecule has 0 N–H and O–H groups in total. The van der Waals surface area contributed by atoms with Crippen LogP contribution in [0.5, 0.6) is 0 Å². The molecule has 0 unspecified atom stereocenters. The maximum absolute atomic E-state index is 9.33. The van der Waals surface area contributed by atoms with E-state index in [4.69, 9.17) is 0 Å². The Labute approximate surface area is 128 Å². The minimum atomic E-state index is 0.656. The summed E-state index contributed by atoms with van der Waals surface area (Å²) in [4.78, 5) is 2.05. The van der Waals surface area contributed by atoms with E-state index in [0.717, 1.165) is 21.3 Å². The van der Waals surface area contributed by atoms with Gasteiger partial charge in [-0.25, -0.2) is 0 Å². The number of nitriles is 1. The summed E-state index contributed by atoms with van der Waals surface area (Å²) in [5, 5.41) is 9.33. The lowest BCUT2D eigenvalue weighted by Crippen LogP contribution is -2.07. The minimum absolute atomic E-state index is 0.656. The van der Waals surface area contributed by atoms with Gasteiger partial charge in [-0.3, -0.25) is 0 Å². The van der Waals surface area contributed by atoms with Crippen LogP contribution in [-0.4, -0.2) is 14.1 Å². The van der Waals surface area contributed by atoms with Crippen molar-refractivity contribution in [2.24, 2.45) is 0 Å². The molecule has 0 heterocycles. The molecule has 2 nitrogen and oxygen atoms in total. The summed E-state index contributed by atoms with van der Waals surface area (Å²) in [6.07, 6.45) is 1.90. The first-order chi connectivity index (χ1) is 9.60. The van der Waals surface area contributed by atoms with Crippen LogP contribution in [0.2, 0.25) is 0 Å². The zero-order chi connectivity index (χ0) is 14.5. The maximum Gasteiger partial charge on any atom is 0.0998 e. The predicted molar refractivity (Wildman–Crippen MR) is 88.4 cm³/mol. The molecule has 0 aliphatic heterocycles. The Kier molecular flexibility index (Phi) is 4.60. The minimum Gasteiger partial charge on any atom is -0.378 e. The standard InChI is InChI=1S/C17H15BrN2/c1-20(2)17-8-6-13(7-9-17)10-15(12-19)14-4-3-5-16(18)11-14/h3-11H,1-2H3/b15-10+. The van der Waals surface area contributed by atoms with E-state index >= 15 is 0 Å². The zero-order valence-corrected chi connectivity index (χ0v) is 13.1. The quantitative estimate of drug-likeness (QED) is 0.609. The number of allylic oxidation sites excluding steroid dienone is 1. The van der Waals surface area contributed by atoms with Crippen LogP contribution in [0.3, 0.4) is 0 Å². The van der Waals surface area contributed by atoms with Crippen LogP contribution in [0.25, 0.3) is 11.6 Å². The monoisotopic (exact) mass is 326 g/mol. The highest BCUT2D eigenvalue weighted by atomic mass is 79.9. The fraction of sp³-hybridized carbons (Fsp3) is 0.118. The summed E-state index contributed by atoms with van der Waals surface area (Å²) in [7, 11) is 4.01. The fourth-order valence-corrected chi connectivity index (χ4v) is 2.27. The molecule has 100 valence electrons. The van der Waals surface area contributed by atoms with Crippen LogP contribution >= 0.6 is 15.9 Å². The van der Waals surface area contributed by atoms with Gasteiger partial charge in [-0.2, -0.15) is 5.26 Å². The number of rotatable bonds is 3. The second-order valence-corrected chi connectivity index (χ2v) is 5.58. The first-order valence-electron chi connectivity index (χ1n) is 6.25. The molecule has 0 saturated heterocycles. The zero-order valence-electron chi connectivity index (χ0n) is 11.5. The van der Waals surface area contributed by atoms with Crippen molar-refractivity contribution in [2.75, 3.05) is 19.0 Å². The molecule has 0 atom stereocenters. The normalized spacial score (nSPS) is 11.0. The summed E-state index contributed by atoms with van der Waals surface area (Å²) >= 11 is 3.43. The molecular formula is C17H15BrN2. The SMILES string of the molecule is CN(C)c1ccc(/C=C(\C#N)c2cccc(Br)c2)cc1. The first-order valence-corrected chi connectivity index (χ1v) is 7.04. The van der Waals surface area contributed by atoms with Crippen molar-refractivity contribution in [1.82, 2.24) is 0 Å². The van der Waals surface area contributed by atoms with Gasteiger partial charge >= 0.3 is 0 Å². The fourth-order valence-electron chi connectivity index (χ4n) is 1.87. The molecule has 0 aromatic heterocycles. The highest BCUT2D eigenvalue weighted by Gasteiger charge is 2.02. The maximum atomic E-state index is 9.33. The van der Waals surface area contributed by atoms with Gasteiger partial charge in [0.2, 0.25) is 0 Å². The van der Waals surface area contributed by atoms with E-state index in [-0.39, 0.29) is 0 Å². The third-order valence-electron chi connectivity index (χ3n) is 2.98. The van der Waals surface area contributed by atoms with E-state index in [0.29, 0.717) is 5.57 Å². The lowest BCUT2D eigenvalue weighted by atomic mass is 10.0. The van der Waals surface area contributed by atoms with Crippen molar-refractivity contribution < 1.29 is 0 Å². The molecule has 0 spiro atoms. The molecule has 0 amide bonds. The average Bonchev–Trinajstić information content (AvgIpc) is 2.45. The molecule has 2 aromatic rings. The summed E-state index contributed by atoms with van der Waals surface area (Å²) in [6, 6.07) is 18.2. The number of hydrogen-bond donors (Lipinski definition) is 0. The van der Waals surface area contributed by atoms with E-state index < -0.39 is 0 Å². The van der Waals surface area contributed by atoms with E-state index in [9.17, 15) is 5.26 Å². The Morgan fingerprint density at radius 1 is 1.15 bits per heavy atom. The molecule has 0 bridgehead atoms. The van der Waals surface area contributed by atoms with Crippen molar-refractivity contribution >= 4 is 33.3 Å². The number of nitrogens with zero attached hydrogens (tertiary/aromatic N) is 2. The van der Waals surface area contributed by atoms with Crippen molar-refractivity contribution in [2.45, 2.75) is 0 Å². The Hall–Kier alpha value is -2.05. The van der Waals surface area contributed by atoms with Crippen LogP contribution in [0.4, 0.5) is 5.69 Å². The van der Waals surface area contributed by atoms with Crippen LogP contribution in [0, 0.1) is 11.3 Å². The molecule has 0 saturated carbocycles. The summed E-state index contributed by atoms with van der Waals surface area (Å²) < 4.78 is 0.971. The molecule has 0 radical (unpaired) electrons. The number of anilines is 1. The Balaban J connectivity index is 2.34. The lowest BCUT2D eigenvalue weighted by molar-refractivity contribution is 1.13. The molecule has 0 fully saturated rings. The summed E-state index contributed by atoms with van der Waals surface area (Å²) in [5.74, 6) is 0. The Bertz CT molecular complexity index is 664. The lowest BCUT2D eigenvalue weighted by Gasteiger charge is -2.12. The van der Waals surface area contributed by atoms with Gasteiger partial charge in [-0.15, -0.1) is 0 Å². The van der Waals surface area contributed by atoms with Crippen molar-refractivity contribution in [3.05, 3.63) is 64.1 Å². The van der Waals surface area contributed by atoms with Gasteiger partial charge in [-0.05, 0) is 41.5 Å². The van der Waals surface area contributed by atoms with Gasteiger partial charge in [0.15, 0.2) is 0 Å². The molecule has 3 heteroatoms. The summed E-state index contributed by atoms with van der Waals surface area (Å²) in [6.45, 7) is 0. The molecule has 2 rings (SSSR count).